The molecule has 0 spiro atoms. The van der Waals surface area contributed by atoms with Crippen LogP contribution < -0.4 is 0 Å². The van der Waals surface area contributed by atoms with Gasteiger partial charge in [0.2, 0.25) is 0 Å². The van der Waals surface area contributed by atoms with E-state index in [1.54, 1.807) is 6.08 Å². The summed E-state index contributed by atoms with van der Waals surface area (Å²) < 4.78 is 16.8. The molecule has 1 rings (SSSR count). The molecule has 0 saturated carbocycles. The molecule has 3 nitrogen and oxygen atoms in total. The van der Waals surface area contributed by atoms with E-state index in [-0.39, 0.29) is 12.4 Å². The van der Waals surface area contributed by atoms with Crippen LogP contribution in [0.2, 0.25) is 0 Å². The summed E-state index contributed by atoms with van der Waals surface area (Å²) in [6, 6.07) is 10.0. The predicted octanol–water partition coefficient (Wildman–Crippen LogP) is 3.53. The van der Waals surface area contributed by atoms with Gasteiger partial charge in [-0.05, 0) is 12.5 Å². The highest BCUT2D eigenvalue weighted by Gasteiger charge is 2.13. The van der Waals surface area contributed by atoms with E-state index in [9.17, 15) is 0 Å². The Kier molecular flexibility index (Phi) is 8.75. The summed E-state index contributed by atoms with van der Waals surface area (Å²) in [5.41, 5.74) is 1.15. The third-order valence-electron chi connectivity index (χ3n) is 2.46. The second-order valence-corrected chi connectivity index (χ2v) is 4.60. The molecule has 0 amide bonds. The summed E-state index contributed by atoms with van der Waals surface area (Å²) in [4.78, 5) is 0. The van der Waals surface area contributed by atoms with Crippen molar-refractivity contribution in [3.63, 3.8) is 0 Å². The van der Waals surface area contributed by atoms with Crippen molar-refractivity contribution < 1.29 is 14.2 Å². The first-order valence-electron chi connectivity index (χ1n) is 6.37. The lowest BCUT2D eigenvalue weighted by atomic mass is 10.2. The maximum Gasteiger partial charge on any atom is 0.168 e. The number of benzene rings is 1. The zero-order chi connectivity index (χ0) is 13.9. The minimum atomic E-state index is -0.270. The molecule has 1 unspecified atom stereocenters. The highest BCUT2D eigenvalue weighted by Crippen LogP contribution is 2.07. The van der Waals surface area contributed by atoms with Crippen molar-refractivity contribution in [2.24, 2.45) is 0 Å². The Morgan fingerprint density at radius 2 is 2.05 bits per heavy atom. The summed E-state index contributed by atoms with van der Waals surface area (Å²) in [6.45, 7) is 7.35. The standard InChI is InChI=1S/C15H21BrO3/c1-3-14(19-15(10-16)18-4-2)12-17-11-13-8-6-5-7-9-13/h3,5-9,14-15H,1,4,10-12H2,2H3/t14-,15?/m0/s1. The third kappa shape index (κ3) is 6.87. The van der Waals surface area contributed by atoms with Crippen molar-refractivity contribution in [1.29, 1.82) is 0 Å². The lowest BCUT2D eigenvalue weighted by molar-refractivity contribution is -0.155. The lowest BCUT2D eigenvalue weighted by Gasteiger charge is -2.21. The van der Waals surface area contributed by atoms with Gasteiger partial charge in [0, 0.05) is 6.61 Å². The summed E-state index contributed by atoms with van der Waals surface area (Å²) in [5, 5.41) is 0.629. The molecule has 0 aromatic heterocycles. The van der Waals surface area contributed by atoms with Crippen LogP contribution in [0, 0.1) is 0 Å². The van der Waals surface area contributed by atoms with Crippen molar-refractivity contribution in [1.82, 2.24) is 0 Å². The summed E-state index contributed by atoms with van der Waals surface area (Å²) in [7, 11) is 0. The van der Waals surface area contributed by atoms with Gasteiger partial charge in [0.05, 0.1) is 18.5 Å². The molecular weight excluding hydrogens is 308 g/mol. The van der Waals surface area contributed by atoms with Crippen molar-refractivity contribution in [2.45, 2.75) is 25.9 Å². The van der Waals surface area contributed by atoms with Crippen LogP contribution in [-0.4, -0.2) is 30.9 Å². The number of ether oxygens (including phenoxy) is 3. The molecule has 0 aliphatic rings. The average molecular weight is 329 g/mol. The zero-order valence-electron chi connectivity index (χ0n) is 11.3. The molecular formula is C15H21BrO3. The third-order valence-corrected chi connectivity index (χ3v) is 2.99. The van der Waals surface area contributed by atoms with Crippen LogP contribution in [0.1, 0.15) is 12.5 Å². The van der Waals surface area contributed by atoms with Crippen LogP contribution in [0.15, 0.2) is 43.0 Å². The first kappa shape index (κ1) is 16.4. The summed E-state index contributed by atoms with van der Waals surface area (Å²) in [5.74, 6) is 0. The molecule has 4 heteroatoms. The van der Waals surface area contributed by atoms with Crippen molar-refractivity contribution >= 4 is 15.9 Å². The average Bonchev–Trinajstić information content (AvgIpc) is 2.46. The quantitative estimate of drug-likeness (QED) is 0.373. The fourth-order valence-electron chi connectivity index (χ4n) is 1.53. The Hall–Kier alpha value is -0.680. The summed E-state index contributed by atoms with van der Waals surface area (Å²) >= 11 is 3.35. The molecule has 0 N–H and O–H groups in total. The molecule has 106 valence electrons. The largest absolute Gasteiger partial charge is 0.374 e. The number of hydrogen-bond acceptors (Lipinski definition) is 3. The van der Waals surface area contributed by atoms with E-state index >= 15 is 0 Å². The molecule has 1 aromatic carbocycles. The number of halogens is 1. The van der Waals surface area contributed by atoms with Gasteiger partial charge >= 0.3 is 0 Å². The SMILES string of the molecule is C=C[C@@H](COCc1ccccc1)OC(CBr)OCC. The zero-order valence-corrected chi connectivity index (χ0v) is 12.8. The van der Waals surface area contributed by atoms with Crippen LogP contribution in [-0.2, 0) is 20.8 Å². The predicted molar refractivity (Wildman–Crippen MR) is 80.4 cm³/mol. The van der Waals surface area contributed by atoms with E-state index in [1.165, 1.54) is 0 Å². The van der Waals surface area contributed by atoms with Crippen LogP contribution >= 0.6 is 15.9 Å². The normalized spacial score (nSPS) is 14.0. The molecule has 0 heterocycles. The van der Waals surface area contributed by atoms with E-state index in [1.807, 2.05) is 37.3 Å². The van der Waals surface area contributed by atoms with Crippen LogP contribution in [0.5, 0.6) is 0 Å². The molecule has 1 aromatic rings. The van der Waals surface area contributed by atoms with Gasteiger partial charge in [0.25, 0.3) is 0 Å². The first-order valence-corrected chi connectivity index (χ1v) is 7.49. The minimum absolute atomic E-state index is 0.169. The van der Waals surface area contributed by atoms with E-state index in [0.717, 1.165) is 5.56 Å². The molecule has 0 saturated heterocycles. The number of alkyl halides is 1. The van der Waals surface area contributed by atoms with Gasteiger partial charge < -0.3 is 14.2 Å². The van der Waals surface area contributed by atoms with E-state index in [4.69, 9.17) is 14.2 Å². The van der Waals surface area contributed by atoms with Gasteiger partial charge in [-0.2, -0.15) is 0 Å². The molecule has 0 fully saturated rings. The van der Waals surface area contributed by atoms with Crippen molar-refractivity contribution in [2.75, 3.05) is 18.5 Å². The molecule has 19 heavy (non-hydrogen) atoms. The van der Waals surface area contributed by atoms with Gasteiger partial charge in [-0.25, -0.2) is 0 Å². The van der Waals surface area contributed by atoms with Gasteiger partial charge in [-0.3, -0.25) is 0 Å². The molecule has 0 aliphatic carbocycles. The second-order valence-electron chi connectivity index (χ2n) is 3.95. The lowest BCUT2D eigenvalue weighted by Crippen LogP contribution is -2.28. The van der Waals surface area contributed by atoms with E-state index < -0.39 is 0 Å². The Morgan fingerprint density at radius 3 is 2.63 bits per heavy atom. The highest BCUT2D eigenvalue weighted by atomic mass is 79.9. The monoisotopic (exact) mass is 328 g/mol. The molecule has 0 bridgehead atoms. The minimum Gasteiger partial charge on any atom is -0.374 e. The number of rotatable bonds is 10. The Bertz CT molecular complexity index is 343. The fraction of sp³-hybridized carbons (Fsp3) is 0.467. The van der Waals surface area contributed by atoms with Crippen LogP contribution in [0.3, 0.4) is 0 Å². The van der Waals surface area contributed by atoms with Gasteiger partial charge in [0.15, 0.2) is 6.29 Å². The second kappa shape index (κ2) is 10.1. The maximum absolute atomic E-state index is 5.72. The molecule has 0 aliphatic heterocycles. The van der Waals surface area contributed by atoms with Gasteiger partial charge in [0.1, 0.15) is 6.10 Å². The smallest absolute Gasteiger partial charge is 0.168 e. The van der Waals surface area contributed by atoms with Crippen LogP contribution in [0.4, 0.5) is 0 Å². The topological polar surface area (TPSA) is 27.7 Å². The summed E-state index contributed by atoms with van der Waals surface area (Å²) in [6.07, 6.45) is 1.30. The first-order chi connectivity index (χ1) is 9.30. The molecule has 0 radical (unpaired) electrons. The highest BCUT2D eigenvalue weighted by molar-refractivity contribution is 9.09. The molecule has 2 atom stereocenters. The Morgan fingerprint density at radius 1 is 1.32 bits per heavy atom. The van der Waals surface area contributed by atoms with Crippen molar-refractivity contribution in [3.8, 4) is 0 Å². The van der Waals surface area contributed by atoms with E-state index in [2.05, 4.69) is 22.5 Å². The fourth-order valence-corrected chi connectivity index (χ4v) is 1.87. The van der Waals surface area contributed by atoms with Crippen molar-refractivity contribution in [3.05, 3.63) is 48.6 Å². The maximum atomic E-state index is 5.72. The van der Waals surface area contributed by atoms with Gasteiger partial charge in [-0.1, -0.05) is 52.3 Å². The Balaban J connectivity index is 2.30. The van der Waals surface area contributed by atoms with Crippen LogP contribution in [0.25, 0.3) is 0 Å². The number of hydrogen-bond donors (Lipinski definition) is 0. The van der Waals surface area contributed by atoms with E-state index in [0.29, 0.717) is 25.2 Å². The van der Waals surface area contributed by atoms with Gasteiger partial charge in [-0.15, -0.1) is 6.58 Å². The Labute approximate surface area is 123 Å².